The Kier molecular flexibility index (Phi) is 15.2. The van der Waals surface area contributed by atoms with Gasteiger partial charge in [-0.05, 0) is 0 Å². The summed E-state index contributed by atoms with van der Waals surface area (Å²) >= 11 is 0. The molecule has 0 heterocycles. The van der Waals surface area contributed by atoms with E-state index in [-0.39, 0.29) is 6.61 Å². The molecule has 0 aliphatic carbocycles. The number of aliphatic hydroxyl groups is 1. The van der Waals surface area contributed by atoms with Gasteiger partial charge in [0.1, 0.15) is 0 Å². The van der Waals surface area contributed by atoms with Crippen molar-refractivity contribution in [2.75, 3.05) is 26.2 Å². The zero-order valence-corrected chi connectivity index (χ0v) is 6.27. The third-order valence-electron chi connectivity index (χ3n) is 0.610. The van der Waals surface area contributed by atoms with Crippen molar-refractivity contribution < 1.29 is 20.2 Å². The Bertz CT molecular complexity index is 59.3. The van der Waals surface area contributed by atoms with E-state index in [2.05, 4.69) is 5.32 Å². The molecule has 7 N–H and O–H groups in total. The van der Waals surface area contributed by atoms with Gasteiger partial charge in [0.2, 0.25) is 0 Å². The average Bonchev–Trinajstić information content (AvgIpc) is 1.88. The summed E-state index contributed by atoms with van der Waals surface area (Å²) in [6, 6.07) is 0. The van der Waals surface area contributed by atoms with Gasteiger partial charge in [0.25, 0.3) is 0 Å². The Morgan fingerprint density at radius 2 is 1.64 bits per heavy atom. The first-order valence-corrected chi connectivity index (χ1v) is 3.21. The molecule has 0 aliphatic heterocycles. The standard InChI is InChI=1S/C4H12N2O.BH3O3/c5-1-2-6-3-4-7;2-1(3)4/h6-7H,1-5H2;2-4H. The van der Waals surface area contributed by atoms with E-state index in [1.54, 1.807) is 0 Å². The first-order chi connectivity index (χ1) is 5.15. The van der Waals surface area contributed by atoms with Crippen LogP contribution >= 0.6 is 0 Å². The second-order valence-corrected chi connectivity index (χ2v) is 1.61. The van der Waals surface area contributed by atoms with Gasteiger partial charge in [-0.25, -0.2) is 0 Å². The zero-order valence-electron chi connectivity index (χ0n) is 6.27. The second kappa shape index (κ2) is 12.5. The predicted octanol–water partition coefficient (Wildman–Crippen LogP) is -3.52. The van der Waals surface area contributed by atoms with Gasteiger partial charge >= 0.3 is 7.32 Å². The molecule has 0 rings (SSSR count). The Hall–Kier alpha value is -0.175. The molecule has 0 fully saturated rings. The van der Waals surface area contributed by atoms with Crippen molar-refractivity contribution >= 4 is 7.32 Å². The predicted molar refractivity (Wildman–Crippen MR) is 41.4 cm³/mol. The number of nitrogens with one attached hydrogen (secondary N) is 1. The third-order valence-corrected chi connectivity index (χ3v) is 0.610. The molecule has 0 bridgehead atoms. The smallest absolute Gasteiger partial charge is 0.402 e. The van der Waals surface area contributed by atoms with Crippen molar-refractivity contribution in [3.63, 3.8) is 0 Å². The number of nitrogens with two attached hydrogens (primary N) is 1. The highest BCUT2D eigenvalue weighted by molar-refractivity contribution is 6.30. The summed E-state index contributed by atoms with van der Waals surface area (Å²) in [6.45, 7) is 2.28. The normalized spacial score (nSPS) is 8.45. The van der Waals surface area contributed by atoms with Crippen LogP contribution in [0.4, 0.5) is 0 Å². The number of hydrogen-bond acceptors (Lipinski definition) is 6. The summed E-state index contributed by atoms with van der Waals surface area (Å²) < 4.78 is 0. The van der Waals surface area contributed by atoms with Crippen LogP contribution < -0.4 is 11.1 Å². The average molecular weight is 166 g/mol. The summed E-state index contributed by atoms with van der Waals surface area (Å²) in [7, 11) is -2.17. The molecule has 0 aromatic heterocycles. The fourth-order valence-corrected chi connectivity index (χ4v) is 0.306. The quantitative estimate of drug-likeness (QED) is 0.190. The molecular weight excluding hydrogens is 151 g/mol. The lowest BCUT2D eigenvalue weighted by atomic mass is 10.3. The molecule has 0 radical (unpaired) electrons. The fraction of sp³-hybridized carbons (Fsp3) is 1.00. The molecule has 0 amide bonds. The highest BCUT2D eigenvalue weighted by atomic mass is 16.5. The topological polar surface area (TPSA) is 119 Å². The molecule has 0 aliphatic rings. The van der Waals surface area contributed by atoms with Gasteiger partial charge in [-0.2, -0.15) is 0 Å². The minimum absolute atomic E-state index is 0.194. The van der Waals surface area contributed by atoms with E-state index in [4.69, 9.17) is 25.9 Å². The van der Waals surface area contributed by atoms with Gasteiger partial charge in [0, 0.05) is 19.6 Å². The summed E-state index contributed by atoms with van der Waals surface area (Å²) in [5, 5.41) is 32.6. The lowest BCUT2D eigenvalue weighted by Gasteiger charge is -1.95. The van der Waals surface area contributed by atoms with Crippen molar-refractivity contribution in [3.05, 3.63) is 0 Å². The van der Waals surface area contributed by atoms with Crippen LogP contribution in [0.5, 0.6) is 0 Å². The van der Waals surface area contributed by atoms with Crippen LogP contribution in [-0.4, -0.2) is 53.7 Å². The third kappa shape index (κ3) is 41.1. The van der Waals surface area contributed by atoms with Crippen molar-refractivity contribution in [2.24, 2.45) is 5.73 Å². The SMILES string of the molecule is NCCNCCO.OB(O)O. The van der Waals surface area contributed by atoms with Crippen LogP contribution in [-0.2, 0) is 0 Å². The van der Waals surface area contributed by atoms with Crippen LogP contribution in [0.1, 0.15) is 0 Å². The van der Waals surface area contributed by atoms with E-state index in [9.17, 15) is 0 Å². The summed E-state index contributed by atoms with van der Waals surface area (Å²) in [5.74, 6) is 0. The highest BCUT2D eigenvalue weighted by Gasteiger charge is 1.92. The van der Waals surface area contributed by atoms with Crippen LogP contribution in [0.25, 0.3) is 0 Å². The van der Waals surface area contributed by atoms with E-state index in [1.807, 2.05) is 0 Å². The Morgan fingerprint density at radius 1 is 1.18 bits per heavy atom. The Labute approximate surface area is 65.8 Å². The first-order valence-electron chi connectivity index (χ1n) is 3.21. The van der Waals surface area contributed by atoms with Crippen LogP contribution in [0, 0.1) is 0 Å². The van der Waals surface area contributed by atoms with Crippen LogP contribution in [0.3, 0.4) is 0 Å². The number of aliphatic hydroxyl groups excluding tert-OH is 1. The van der Waals surface area contributed by atoms with Crippen LogP contribution in [0.15, 0.2) is 0 Å². The van der Waals surface area contributed by atoms with Crippen LogP contribution in [0.2, 0.25) is 0 Å². The lowest BCUT2D eigenvalue weighted by Crippen LogP contribution is -2.24. The minimum atomic E-state index is -2.17. The molecule has 11 heavy (non-hydrogen) atoms. The molecule has 0 spiro atoms. The van der Waals surface area contributed by atoms with Gasteiger partial charge in [0.05, 0.1) is 6.61 Å². The van der Waals surface area contributed by atoms with Gasteiger partial charge in [-0.15, -0.1) is 0 Å². The van der Waals surface area contributed by atoms with E-state index < -0.39 is 7.32 Å². The number of hydrogen-bond donors (Lipinski definition) is 6. The molecular formula is C4H15BN2O4. The van der Waals surface area contributed by atoms with Crippen molar-refractivity contribution in [1.29, 1.82) is 0 Å². The maximum atomic E-state index is 8.19. The molecule has 7 heteroatoms. The fourth-order valence-electron chi connectivity index (χ4n) is 0.306. The molecule has 68 valence electrons. The van der Waals surface area contributed by atoms with E-state index in [1.165, 1.54) is 0 Å². The molecule has 0 unspecified atom stereocenters. The van der Waals surface area contributed by atoms with E-state index >= 15 is 0 Å². The zero-order chi connectivity index (χ0) is 9.11. The van der Waals surface area contributed by atoms with Gasteiger partial charge in [0.15, 0.2) is 0 Å². The molecule has 0 aromatic carbocycles. The van der Waals surface area contributed by atoms with E-state index in [0.29, 0.717) is 13.1 Å². The van der Waals surface area contributed by atoms with Crippen molar-refractivity contribution in [3.8, 4) is 0 Å². The molecule has 0 aromatic rings. The van der Waals surface area contributed by atoms with Gasteiger partial charge < -0.3 is 31.2 Å². The highest BCUT2D eigenvalue weighted by Crippen LogP contribution is 1.51. The molecule has 6 nitrogen and oxygen atoms in total. The summed E-state index contributed by atoms with van der Waals surface area (Å²) in [6.07, 6.45) is 0. The van der Waals surface area contributed by atoms with Gasteiger partial charge in [-0.3, -0.25) is 0 Å². The molecule has 0 saturated carbocycles. The maximum Gasteiger partial charge on any atom is 0.631 e. The van der Waals surface area contributed by atoms with Crippen molar-refractivity contribution in [1.82, 2.24) is 5.32 Å². The monoisotopic (exact) mass is 166 g/mol. The molecule has 0 saturated heterocycles. The largest absolute Gasteiger partial charge is 0.631 e. The Balaban J connectivity index is 0. The second-order valence-electron chi connectivity index (χ2n) is 1.61. The van der Waals surface area contributed by atoms with E-state index in [0.717, 1.165) is 6.54 Å². The Morgan fingerprint density at radius 3 is 1.91 bits per heavy atom. The summed E-state index contributed by atoms with van der Waals surface area (Å²) in [5.41, 5.74) is 5.13. The first kappa shape index (κ1) is 13.4. The van der Waals surface area contributed by atoms with Gasteiger partial charge in [-0.1, -0.05) is 0 Å². The lowest BCUT2D eigenvalue weighted by molar-refractivity contribution is 0.278. The maximum absolute atomic E-state index is 8.19. The minimum Gasteiger partial charge on any atom is -0.402 e. The molecule has 0 atom stereocenters. The van der Waals surface area contributed by atoms with Crippen molar-refractivity contribution in [2.45, 2.75) is 0 Å². The summed E-state index contributed by atoms with van der Waals surface area (Å²) in [4.78, 5) is 0. The number of rotatable bonds is 4.